The number of sulfone groups is 1. The van der Waals surface area contributed by atoms with Crippen LogP contribution in [0.25, 0.3) is 5.69 Å². The van der Waals surface area contributed by atoms with Crippen LogP contribution in [0.4, 0.5) is 0 Å². The lowest BCUT2D eigenvalue weighted by atomic mass is 10.3. The molecule has 0 aliphatic carbocycles. The molecule has 3 rings (SSSR count). The summed E-state index contributed by atoms with van der Waals surface area (Å²) < 4.78 is 32.1. The summed E-state index contributed by atoms with van der Waals surface area (Å²) in [5, 5.41) is 10.7. The molecule has 1 saturated heterocycles. The number of nitrogens with zero attached hydrogens (tertiary/aromatic N) is 4. The minimum atomic E-state index is -3.39. The zero-order valence-corrected chi connectivity index (χ0v) is 13.1. The third kappa shape index (κ3) is 3.02. The van der Waals surface area contributed by atoms with Crippen LogP contribution in [0.2, 0.25) is 0 Å². The minimum absolute atomic E-state index is 0.00974. The van der Waals surface area contributed by atoms with Crippen molar-refractivity contribution in [2.45, 2.75) is 31.1 Å². The first-order valence-corrected chi connectivity index (χ1v) is 8.96. The molecule has 2 heterocycles. The Balaban J connectivity index is 1.86. The van der Waals surface area contributed by atoms with Gasteiger partial charge >= 0.3 is 0 Å². The van der Waals surface area contributed by atoms with Crippen LogP contribution in [0, 0.1) is 0 Å². The van der Waals surface area contributed by atoms with Crippen molar-refractivity contribution in [1.29, 1.82) is 0 Å². The fraction of sp³-hybridized carbons (Fsp3) is 0.500. The van der Waals surface area contributed by atoms with Crippen molar-refractivity contribution in [3.8, 4) is 5.69 Å². The molecule has 22 heavy (non-hydrogen) atoms. The van der Waals surface area contributed by atoms with Gasteiger partial charge in [-0.15, -0.1) is 5.10 Å². The average Bonchev–Trinajstić information content (AvgIpc) is 3.18. The molecular weight excluding hydrogens is 304 g/mol. The highest BCUT2D eigenvalue weighted by Gasteiger charge is 2.32. The van der Waals surface area contributed by atoms with Crippen LogP contribution >= 0.6 is 0 Å². The molecule has 0 saturated carbocycles. The predicted molar refractivity (Wildman–Crippen MR) is 80.3 cm³/mol. The van der Waals surface area contributed by atoms with E-state index in [1.165, 1.54) is 4.68 Å². The lowest BCUT2D eigenvalue weighted by molar-refractivity contribution is 0.127. The normalized spacial score (nSPS) is 20.1. The lowest BCUT2D eigenvalue weighted by Crippen LogP contribution is -2.25. The summed E-state index contributed by atoms with van der Waals surface area (Å²) in [6.45, 7) is 2.26. The first kappa shape index (κ1) is 15.1. The molecule has 1 fully saturated rings. The fourth-order valence-corrected chi connectivity index (χ4v) is 4.08. The standard InChI is InChI=1S/C14H18N4O3S/c1-11(22(19,20)10-13-8-5-9-21-13)14-15-16-17-18(14)12-6-3-2-4-7-12/h2-4,6-7,11,13H,5,8-10H2,1H3/t11-,13+/m0/s1. The van der Waals surface area contributed by atoms with E-state index in [1.54, 1.807) is 6.92 Å². The number of hydrogen-bond donors (Lipinski definition) is 0. The van der Waals surface area contributed by atoms with Crippen LogP contribution in [-0.4, -0.2) is 47.1 Å². The van der Waals surface area contributed by atoms with Crippen LogP contribution in [0.5, 0.6) is 0 Å². The molecular formula is C14H18N4O3S. The molecule has 8 heteroatoms. The molecule has 2 aromatic rings. The third-order valence-electron chi connectivity index (χ3n) is 3.84. The quantitative estimate of drug-likeness (QED) is 0.825. The molecule has 0 radical (unpaired) electrons. The highest BCUT2D eigenvalue weighted by atomic mass is 32.2. The lowest BCUT2D eigenvalue weighted by Gasteiger charge is -2.15. The molecule has 1 aromatic heterocycles. The number of benzene rings is 1. The number of tetrazole rings is 1. The number of aromatic nitrogens is 4. The number of rotatable bonds is 5. The van der Waals surface area contributed by atoms with Gasteiger partial charge in [-0.25, -0.2) is 8.42 Å². The maximum absolute atomic E-state index is 12.6. The Bertz CT molecular complexity index is 724. The number of para-hydroxylation sites is 1. The van der Waals surface area contributed by atoms with Gasteiger partial charge in [-0.3, -0.25) is 0 Å². The predicted octanol–water partition coefficient (Wildman–Crippen LogP) is 1.32. The highest BCUT2D eigenvalue weighted by molar-refractivity contribution is 7.91. The van der Waals surface area contributed by atoms with E-state index < -0.39 is 15.1 Å². The van der Waals surface area contributed by atoms with Crippen molar-refractivity contribution >= 4 is 9.84 Å². The fourth-order valence-electron chi connectivity index (χ4n) is 2.54. The number of ether oxygens (including phenoxy) is 1. The van der Waals surface area contributed by atoms with E-state index in [9.17, 15) is 8.42 Å². The smallest absolute Gasteiger partial charge is 0.174 e. The van der Waals surface area contributed by atoms with E-state index in [-0.39, 0.29) is 11.9 Å². The first-order chi connectivity index (χ1) is 10.6. The molecule has 118 valence electrons. The minimum Gasteiger partial charge on any atom is -0.377 e. The zero-order chi connectivity index (χ0) is 15.6. The molecule has 0 amide bonds. The molecule has 1 aromatic carbocycles. The summed E-state index contributed by atoms with van der Waals surface area (Å²) in [4.78, 5) is 0. The monoisotopic (exact) mass is 322 g/mol. The van der Waals surface area contributed by atoms with E-state index in [2.05, 4.69) is 15.5 Å². The Morgan fingerprint density at radius 3 is 2.82 bits per heavy atom. The topological polar surface area (TPSA) is 87.0 Å². The summed E-state index contributed by atoms with van der Waals surface area (Å²) in [7, 11) is -3.39. The van der Waals surface area contributed by atoms with Crippen molar-refractivity contribution in [3.63, 3.8) is 0 Å². The van der Waals surface area contributed by atoms with E-state index in [0.717, 1.165) is 18.5 Å². The molecule has 1 aliphatic heterocycles. The Hall–Kier alpha value is -1.80. The molecule has 0 spiro atoms. The Kier molecular flexibility index (Phi) is 4.21. The van der Waals surface area contributed by atoms with Crippen LogP contribution in [0.3, 0.4) is 0 Å². The van der Waals surface area contributed by atoms with Gasteiger partial charge < -0.3 is 4.74 Å². The van der Waals surface area contributed by atoms with Gasteiger partial charge in [-0.1, -0.05) is 18.2 Å². The third-order valence-corrected chi connectivity index (χ3v) is 5.96. The number of hydrogen-bond acceptors (Lipinski definition) is 6. The molecule has 0 bridgehead atoms. The van der Waals surface area contributed by atoms with Crippen molar-refractivity contribution in [2.75, 3.05) is 12.4 Å². The molecule has 7 nitrogen and oxygen atoms in total. The van der Waals surface area contributed by atoms with Gasteiger partial charge in [-0.05, 0) is 42.3 Å². The van der Waals surface area contributed by atoms with Crippen LogP contribution in [0.1, 0.15) is 30.8 Å². The van der Waals surface area contributed by atoms with Gasteiger partial charge in [-0.2, -0.15) is 4.68 Å². The maximum Gasteiger partial charge on any atom is 0.174 e. The van der Waals surface area contributed by atoms with E-state index >= 15 is 0 Å². The molecule has 2 atom stereocenters. The van der Waals surface area contributed by atoms with Gasteiger partial charge in [0, 0.05) is 6.61 Å². The second kappa shape index (κ2) is 6.13. The second-order valence-corrected chi connectivity index (χ2v) is 7.76. The van der Waals surface area contributed by atoms with E-state index in [1.807, 2.05) is 30.3 Å². The zero-order valence-electron chi connectivity index (χ0n) is 12.3. The highest BCUT2D eigenvalue weighted by Crippen LogP contribution is 2.25. The van der Waals surface area contributed by atoms with Crippen molar-refractivity contribution in [3.05, 3.63) is 36.2 Å². The summed E-state index contributed by atoms with van der Waals surface area (Å²) in [5.74, 6) is 0.333. The van der Waals surface area contributed by atoms with Crippen molar-refractivity contribution in [1.82, 2.24) is 20.2 Å². The van der Waals surface area contributed by atoms with Crippen LogP contribution < -0.4 is 0 Å². The summed E-state index contributed by atoms with van der Waals surface area (Å²) in [5.41, 5.74) is 0.738. The average molecular weight is 322 g/mol. The summed E-state index contributed by atoms with van der Waals surface area (Å²) >= 11 is 0. The molecule has 1 aliphatic rings. The summed E-state index contributed by atoms with van der Waals surface area (Å²) in [6.07, 6.45) is 1.49. The molecule has 0 unspecified atom stereocenters. The van der Waals surface area contributed by atoms with Crippen LogP contribution in [-0.2, 0) is 14.6 Å². The Morgan fingerprint density at radius 2 is 2.14 bits per heavy atom. The maximum atomic E-state index is 12.6. The first-order valence-electron chi connectivity index (χ1n) is 7.25. The van der Waals surface area contributed by atoms with Gasteiger partial charge in [0.2, 0.25) is 0 Å². The van der Waals surface area contributed by atoms with E-state index in [0.29, 0.717) is 12.4 Å². The molecule has 0 N–H and O–H groups in total. The van der Waals surface area contributed by atoms with Gasteiger partial charge in [0.25, 0.3) is 0 Å². The van der Waals surface area contributed by atoms with Gasteiger partial charge in [0.05, 0.1) is 17.5 Å². The Morgan fingerprint density at radius 1 is 1.36 bits per heavy atom. The van der Waals surface area contributed by atoms with Crippen LogP contribution in [0.15, 0.2) is 30.3 Å². The summed E-state index contributed by atoms with van der Waals surface area (Å²) in [6, 6.07) is 9.25. The second-order valence-electron chi connectivity index (χ2n) is 5.39. The van der Waals surface area contributed by atoms with Gasteiger partial charge in [0.1, 0.15) is 5.25 Å². The van der Waals surface area contributed by atoms with Crippen molar-refractivity contribution < 1.29 is 13.2 Å². The van der Waals surface area contributed by atoms with Crippen molar-refractivity contribution in [2.24, 2.45) is 0 Å². The van der Waals surface area contributed by atoms with Gasteiger partial charge in [0.15, 0.2) is 15.7 Å². The van der Waals surface area contributed by atoms with E-state index in [4.69, 9.17) is 4.74 Å². The Labute approximate surface area is 129 Å². The largest absolute Gasteiger partial charge is 0.377 e. The SMILES string of the molecule is C[C@@H](c1nnnn1-c1ccccc1)S(=O)(=O)C[C@H]1CCCO1.